The number of hydrogen-bond donors (Lipinski definition) is 1. The van der Waals surface area contributed by atoms with Crippen LogP contribution in [0.5, 0.6) is 0 Å². The second-order valence-corrected chi connectivity index (χ2v) is 3.12. The van der Waals surface area contributed by atoms with Crippen LogP contribution in [-0.4, -0.2) is 11.3 Å². The minimum atomic E-state index is 0.536. The highest BCUT2D eigenvalue weighted by Crippen LogP contribution is 2.23. The molecule has 0 aliphatic heterocycles. The lowest BCUT2D eigenvalue weighted by Crippen LogP contribution is -1.83. The predicted molar refractivity (Wildman–Crippen MR) is 53.1 cm³/mol. The van der Waals surface area contributed by atoms with Gasteiger partial charge in [-0.25, -0.2) is 0 Å². The highest BCUT2D eigenvalue weighted by molar-refractivity contribution is 6.01. The van der Waals surface area contributed by atoms with Crippen molar-refractivity contribution in [1.29, 1.82) is 5.26 Å². The van der Waals surface area contributed by atoms with Crippen LogP contribution in [0.25, 0.3) is 10.9 Å². The Morgan fingerprint density at radius 2 is 2.29 bits per heavy atom. The molecule has 0 aliphatic rings. The average Bonchev–Trinajstić information content (AvgIpc) is 2.52. The molecule has 0 amide bonds. The highest BCUT2D eigenvalue weighted by Gasteiger charge is 2.10. The highest BCUT2D eigenvalue weighted by atomic mass is 16.1. The number of aromatic amines is 1. The molecule has 0 spiro atoms. The average molecular weight is 184 g/mol. The molecule has 3 nitrogen and oxygen atoms in total. The fourth-order valence-electron chi connectivity index (χ4n) is 1.64. The van der Waals surface area contributed by atoms with Gasteiger partial charge in [-0.2, -0.15) is 5.26 Å². The summed E-state index contributed by atoms with van der Waals surface area (Å²) in [6, 6.07) is 7.44. The maximum Gasteiger partial charge on any atom is 0.152 e. The normalized spacial score (nSPS) is 10.0. The molecule has 0 saturated heterocycles. The number of H-pyrrole nitrogens is 1. The van der Waals surface area contributed by atoms with E-state index in [9.17, 15) is 4.79 Å². The standard InChI is InChI=1S/C11H8N2O/c1-7-9(6-14)11-8(5-12)3-2-4-10(11)13-7/h2-4,6,13H,1H3. The van der Waals surface area contributed by atoms with Gasteiger partial charge in [0.2, 0.25) is 0 Å². The van der Waals surface area contributed by atoms with E-state index in [1.165, 1.54) is 0 Å². The van der Waals surface area contributed by atoms with Crippen LogP contribution in [0.3, 0.4) is 0 Å². The van der Waals surface area contributed by atoms with E-state index >= 15 is 0 Å². The van der Waals surface area contributed by atoms with Gasteiger partial charge in [0.15, 0.2) is 6.29 Å². The predicted octanol–water partition coefficient (Wildman–Crippen LogP) is 2.16. The topological polar surface area (TPSA) is 56.6 Å². The maximum absolute atomic E-state index is 10.8. The van der Waals surface area contributed by atoms with Crippen LogP contribution in [-0.2, 0) is 0 Å². The molecule has 1 heterocycles. The lowest BCUT2D eigenvalue weighted by atomic mass is 10.1. The molecule has 0 bridgehead atoms. The molecule has 0 aliphatic carbocycles. The van der Waals surface area contributed by atoms with Crippen molar-refractivity contribution in [3.8, 4) is 6.07 Å². The van der Waals surface area contributed by atoms with E-state index in [0.29, 0.717) is 11.1 Å². The summed E-state index contributed by atoms with van der Waals surface area (Å²) in [4.78, 5) is 13.9. The Hall–Kier alpha value is -2.08. The Bertz CT molecular complexity index is 546. The van der Waals surface area contributed by atoms with Gasteiger partial charge in [0.25, 0.3) is 0 Å². The van der Waals surface area contributed by atoms with Crippen molar-refractivity contribution >= 4 is 17.2 Å². The number of carbonyl (C=O) groups is 1. The molecule has 0 radical (unpaired) electrons. The number of nitriles is 1. The third-order valence-electron chi connectivity index (χ3n) is 2.30. The smallest absolute Gasteiger partial charge is 0.152 e. The molecular formula is C11H8N2O. The van der Waals surface area contributed by atoms with Crippen LogP contribution in [0.2, 0.25) is 0 Å². The maximum atomic E-state index is 10.8. The summed E-state index contributed by atoms with van der Waals surface area (Å²) >= 11 is 0. The van der Waals surface area contributed by atoms with Crippen molar-refractivity contribution in [1.82, 2.24) is 4.98 Å². The fraction of sp³-hybridized carbons (Fsp3) is 0.0909. The molecule has 0 fully saturated rings. The van der Waals surface area contributed by atoms with E-state index < -0.39 is 0 Å². The lowest BCUT2D eigenvalue weighted by Gasteiger charge is -1.93. The Morgan fingerprint density at radius 1 is 1.50 bits per heavy atom. The van der Waals surface area contributed by atoms with Crippen LogP contribution >= 0.6 is 0 Å². The first-order valence-corrected chi connectivity index (χ1v) is 4.24. The van der Waals surface area contributed by atoms with E-state index in [-0.39, 0.29) is 0 Å². The van der Waals surface area contributed by atoms with Gasteiger partial charge in [-0.15, -0.1) is 0 Å². The monoisotopic (exact) mass is 184 g/mol. The zero-order chi connectivity index (χ0) is 10.1. The van der Waals surface area contributed by atoms with E-state index in [1.54, 1.807) is 12.1 Å². The number of benzene rings is 1. The van der Waals surface area contributed by atoms with Gasteiger partial charge in [0.1, 0.15) is 0 Å². The summed E-state index contributed by atoms with van der Waals surface area (Å²) in [6.07, 6.45) is 0.787. The zero-order valence-corrected chi connectivity index (χ0v) is 7.66. The Kier molecular flexibility index (Phi) is 1.83. The zero-order valence-electron chi connectivity index (χ0n) is 7.66. The third-order valence-corrected chi connectivity index (χ3v) is 2.30. The number of nitrogens with one attached hydrogen (secondary N) is 1. The Labute approximate surface area is 81.0 Å². The number of carbonyl (C=O) groups excluding carboxylic acids is 1. The van der Waals surface area contributed by atoms with Crippen molar-refractivity contribution in [3.05, 3.63) is 35.0 Å². The summed E-state index contributed by atoms with van der Waals surface area (Å²) in [7, 11) is 0. The van der Waals surface area contributed by atoms with Crippen LogP contribution in [0.4, 0.5) is 0 Å². The van der Waals surface area contributed by atoms with Gasteiger partial charge >= 0.3 is 0 Å². The van der Waals surface area contributed by atoms with Gasteiger partial charge < -0.3 is 4.98 Å². The van der Waals surface area contributed by atoms with Gasteiger partial charge in [-0.05, 0) is 19.1 Å². The molecule has 1 N–H and O–H groups in total. The van der Waals surface area contributed by atoms with Crippen molar-refractivity contribution in [3.63, 3.8) is 0 Å². The van der Waals surface area contributed by atoms with E-state index in [1.807, 2.05) is 13.0 Å². The number of rotatable bonds is 1. The fourth-order valence-corrected chi connectivity index (χ4v) is 1.64. The van der Waals surface area contributed by atoms with Gasteiger partial charge in [0, 0.05) is 22.2 Å². The molecule has 1 aromatic carbocycles. The van der Waals surface area contributed by atoms with Gasteiger partial charge in [-0.3, -0.25) is 4.79 Å². The summed E-state index contributed by atoms with van der Waals surface area (Å²) in [5.41, 5.74) is 2.76. The molecular weight excluding hydrogens is 176 g/mol. The molecule has 14 heavy (non-hydrogen) atoms. The van der Waals surface area contributed by atoms with Crippen molar-refractivity contribution in [2.45, 2.75) is 6.92 Å². The van der Waals surface area contributed by atoms with Crippen LogP contribution in [0.1, 0.15) is 21.6 Å². The van der Waals surface area contributed by atoms with Crippen molar-refractivity contribution in [2.75, 3.05) is 0 Å². The van der Waals surface area contributed by atoms with Crippen LogP contribution in [0.15, 0.2) is 18.2 Å². The number of fused-ring (bicyclic) bond motifs is 1. The Morgan fingerprint density at radius 3 is 2.93 bits per heavy atom. The van der Waals surface area contributed by atoms with Crippen molar-refractivity contribution < 1.29 is 4.79 Å². The molecule has 0 saturated carbocycles. The number of nitrogens with zero attached hydrogens (tertiary/aromatic N) is 1. The quantitative estimate of drug-likeness (QED) is 0.690. The second kappa shape index (κ2) is 3.00. The van der Waals surface area contributed by atoms with Crippen molar-refractivity contribution in [2.24, 2.45) is 0 Å². The molecule has 3 heteroatoms. The van der Waals surface area contributed by atoms with Gasteiger partial charge in [-0.1, -0.05) is 6.07 Å². The summed E-state index contributed by atoms with van der Waals surface area (Å²) < 4.78 is 0. The first-order valence-electron chi connectivity index (χ1n) is 4.24. The molecule has 0 unspecified atom stereocenters. The lowest BCUT2D eigenvalue weighted by molar-refractivity contribution is 0.112. The SMILES string of the molecule is Cc1[nH]c2cccc(C#N)c2c1C=O. The third kappa shape index (κ3) is 1.01. The minimum absolute atomic E-state index is 0.536. The van der Waals surface area contributed by atoms with E-state index in [2.05, 4.69) is 11.1 Å². The van der Waals surface area contributed by atoms with Gasteiger partial charge in [0.05, 0.1) is 11.6 Å². The minimum Gasteiger partial charge on any atom is -0.358 e. The first kappa shape index (κ1) is 8.52. The van der Waals surface area contributed by atoms with Crippen LogP contribution < -0.4 is 0 Å². The molecule has 0 atom stereocenters. The number of aryl methyl sites for hydroxylation is 1. The van der Waals surface area contributed by atoms with E-state index in [4.69, 9.17) is 5.26 Å². The number of hydrogen-bond acceptors (Lipinski definition) is 2. The second-order valence-electron chi connectivity index (χ2n) is 3.12. The molecule has 68 valence electrons. The number of aldehydes is 1. The molecule has 2 rings (SSSR count). The Balaban J connectivity index is 2.98. The summed E-state index contributed by atoms with van der Waals surface area (Å²) in [5, 5.41) is 9.61. The summed E-state index contributed by atoms with van der Waals surface area (Å²) in [6.45, 7) is 1.82. The molecule has 2 aromatic rings. The van der Waals surface area contributed by atoms with Crippen LogP contribution in [0, 0.1) is 18.3 Å². The largest absolute Gasteiger partial charge is 0.358 e. The molecule has 1 aromatic heterocycles. The van der Waals surface area contributed by atoms with E-state index in [0.717, 1.165) is 22.9 Å². The first-order chi connectivity index (χ1) is 6.77. The summed E-state index contributed by atoms with van der Waals surface area (Å²) in [5.74, 6) is 0. The number of aromatic nitrogens is 1.